The van der Waals surface area contributed by atoms with Gasteiger partial charge in [-0.1, -0.05) is 65.9 Å². The number of aromatic nitrogens is 2. The topological polar surface area (TPSA) is 88.7 Å². The van der Waals surface area contributed by atoms with Gasteiger partial charge in [0.05, 0.1) is 11.3 Å². The molecule has 0 atom stereocenters. The maximum atomic E-state index is 13.1. The molecule has 0 radical (unpaired) electrons. The van der Waals surface area contributed by atoms with Gasteiger partial charge in [0.1, 0.15) is 16.5 Å². The highest BCUT2D eigenvalue weighted by molar-refractivity contribution is 7.12. The highest BCUT2D eigenvalue weighted by Crippen LogP contribution is 2.33. The Kier molecular flexibility index (Phi) is 8.27. The number of benzene rings is 4. The van der Waals surface area contributed by atoms with E-state index in [0.717, 1.165) is 17.7 Å². The van der Waals surface area contributed by atoms with E-state index in [1.807, 2.05) is 36.4 Å². The van der Waals surface area contributed by atoms with Crippen molar-refractivity contribution in [3.05, 3.63) is 125 Å². The average Bonchev–Trinajstić information content (AvgIpc) is 3.38. The normalized spacial score (nSPS) is 11.9. The molecule has 1 aromatic heterocycles. The summed E-state index contributed by atoms with van der Waals surface area (Å²) in [6.45, 7) is 0.524. The van der Waals surface area contributed by atoms with Crippen LogP contribution in [0.1, 0.15) is 21.5 Å². The molecule has 0 fully saturated rings. The molecule has 1 heterocycles. The number of carbonyl (C=O) groups excluding carboxylic acids is 1. The van der Waals surface area contributed by atoms with Gasteiger partial charge in [-0.3, -0.25) is 10.0 Å². The van der Waals surface area contributed by atoms with Gasteiger partial charge in [-0.25, -0.2) is 15.2 Å². The predicted octanol–water partition coefficient (Wildman–Crippen LogP) is 7.02. The summed E-state index contributed by atoms with van der Waals surface area (Å²) in [6, 6.07) is 28.1. The zero-order valence-corrected chi connectivity index (χ0v) is 22.2. The molecule has 41 heavy (non-hydrogen) atoms. The fourth-order valence-corrected chi connectivity index (χ4v) is 4.94. The van der Waals surface area contributed by atoms with Gasteiger partial charge < -0.3 is 4.74 Å². The number of nitrogens with one attached hydrogen (secondary N) is 1. The van der Waals surface area contributed by atoms with E-state index < -0.39 is 17.6 Å². The smallest absolute Gasteiger partial charge is 0.416 e. The molecule has 208 valence electrons. The molecular formula is C30H23F3N4O3S. The fraction of sp³-hybridized carbons (Fsp3) is 0.100. The molecule has 0 aliphatic carbocycles. The van der Waals surface area contributed by atoms with Crippen LogP contribution in [-0.2, 0) is 19.1 Å². The first-order valence-electron chi connectivity index (χ1n) is 12.5. The average molecular weight is 577 g/mol. The van der Waals surface area contributed by atoms with Crippen molar-refractivity contribution in [1.29, 1.82) is 0 Å². The Morgan fingerprint density at radius 2 is 1.66 bits per heavy atom. The third-order valence-corrected chi connectivity index (χ3v) is 6.98. The zero-order valence-electron chi connectivity index (χ0n) is 21.4. The van der Waals surface area contributed by atoms with E-state index in [9.17, 15) is 18.0 Å². The number of amides is 1. The molecule has 5 aromatic rings. The SMILES string of the molecule is O=C(NO)c1cccc(N=c2sc(-c3cccc(Oc4cccc(C(F)(F)F)c4)c3)nn2CCc2ccccc2)c1. The quantitative estimate of drug-likeness (QED) is 0.154. The Morgan fingerprint density at radius 1 is 0.927 bits per heavy atom. The largest absolute Gasteiger partial charge is 0.457 e. The van der Waals surface area contributed by atoms with Crippen molar-refractivity contribution in [3.63, 3.8) is 0 Å². The third kappa shape index (κ3) is 7.07. The number of hydrogen-bond donors (Lipinski definition) is 2. The Balaban J connectivity index is 1.48. The van der Waals surface area contributed by atoms with E-state index in [0.29, 0.717) is 39.8 Å². The van der Waals surface area contributed by atoms with Crippen molar-refractivity contribution < 1.29 is 27.9 Å². The highest BCUT2D eigenvalue weighted by Gasteiger charge is 2.30. The first-order chi connectivity index (χ1) is 19.8. The molecule has 5 rings (SSSR count). The second-order valence-corrected chi connectivity index (χ2v) is 9.86. The molecule has 0 unspecified atom stereocenters. The van der Waals surface area contributed by atoms with Gasteiger partial charge in [-0.2, -0.15) is 18.3 Å². The summed E-state index contributed by atoms with van der Waals surface area (Å²) in [6.07, 6.45) is -3.78. The van der Waals surface area contributed by atoms with Gasteiger partial charge in [-0.05, 0) is 60.5 Å². The Labute approximate surface area is 236 Å². The maximum absolute atomic E-state index is 13.1. The molecular weight excluding hydrogens is 553 g/mol. The summed E-state index contributed by atoms with van der Waals surface area (Å²) in [5, 5.41) is 14.4. The van der Waals surface area contributed by atoms with Crippen LogP contribution < -0.4 is 15.0 Å². The van der Waals surface area contributed by atoms with E-state index in [4.69, 9.17) is 20.0 Å². The first-order valence-corrected chi connectivity index (χ1v) is 13.3. The van der Waals surface area contributed by atoms with Crippen molar-refractivity contribution in [2.75, 3.05) is 0 Å². The molecule has 11 heteroatoms. The Hall–Kier alpha value is -4.74. The van der Waals surface area contributed by atoms with Crippen LogP contribution in [0.3, 0.4) is 0 Å². The minimum atomic E-state index is -4.48. The lowest BCUT2D eigenvalue weighted by molar-refractivity contribution is -0.137. The van der Waals surface area contributed by atoms with Gasteiger partial charge in [0.25, 0.3) is 5.91 Å². The van der Waals surface area contributed by atoms with Crippen molar-refractivity contribution >= 4 is 22.9 Å². The lowest BCUT2D eigenvalue weighted by atomic mass is 10.1. The van der Waals surface area contributed by atoms with Crippen LogP contribution in [0.25, 0.3) is 10.6 Å². The van der Waals surface area contributed by atoms with Crippen LogP contribution in [0.2, 0.25) is 0 Å². The van der Waals surface area contributed by atoms with Gasteiger partial charge in [0.2, 0.25) is 4.80 Å². The number of rotatable bonds is 8. The van der Waals surface area contributed by atoms with Gasteiger partial charge in [0, 0.05) is 17.7 Å². The third-order valence-electron chi connectivity index (χ3n) is 5.99. The predicted molar refractivity (Wildman–Crippen MR) is 148 cm³/mol. The van der Waals surface area contributed by atoms with Crippen molar-refractivity contribution in [2.24, 2.45) is 4.99 Å². The number of halogens is 3. The van der Waals surface area contributed by atoms with E-state index in [2.05, 4.69) is 0 Å². The van der Waals surface area contributed by atoms with Crippen LogP contribution in [0, 0.1) is 0 Å². The summed E-state index contributed by atoms with van der Waals surface area (Å²) in [4.78, 5) is 17.2. The molecule has 0 bridgehead atoms. The van der Waals surface area contributed by atoms with Gasteiger partial charge in [0.15, 0.2) is 0 Å². The number of carbonyl (C=O) groups is 1. The van der Waals surface area contributed by atoms with Crippen molar-refractivity contribution in [2.45, 2.75) is 19.1 Å². The number of aryl methyl sites for hydroxylation is 2. The summed E-state index contributed by atoms with van der Waals surface area (Å²) >= 11 is 1.31. The molecule has 0 saturated heterocycles. The molecule has 0 aliphatic heterocycles. The standard InChI is InChI=1S/C30H23F3N4O3S/c31-30(32,33)23-11-6-14-26(19-23)40-25-13-5-10-22(18-25)28-35-37(16-15-20-7-2-1-3-8-20)29(41-28)34-24-12-4-9-21(17-24)27(38)36-39/h1-14,17-19,39H,15-16H2,(H,36,38). The van der Waals surface area contributed by atoms with E-state index in [1.54, 1.807) is 52.6 Å². The number of ether oxygens (including phenoxy) is 1. The number of nitrogens with zero attached hydrogens (tertiary/aromatic N) is 3. The molecule has 1 amide bonds. The van der Waals surface area contributed by atoms with Crippen LogP contribution in [0.15, 0.2) is 108 Å². The highest BCUT2D eigenvalue weighted by atomic mass is 32.1. The Bertz CT molecular complexity index is 1730. The Morgan fingerprint density at radius 3 is 2.41 bits per heavy atom. The molecule has 2 N–H and O–H groups in total. The minimum Gasteiger partial charge on any atom is -0.457 e. The van der Waals surface area contributed by atoms with Crippen molar-refractivity contribution in [3.8, 4) is 22.1 Å². The fourth-order valence-electron chi connectivity index (χ4n) is 3.99. The second kappa shape index (κ2) is 12.2. The number of alkyl halides is 3. The lowest BCUT2D eigenvalue weighted by Crippen LogP contribution is -2.19. The van der Waals surface area contributed by atoms with Crippen LogP contribution in [-0.4, -0.2) is 20.9 Å². The molecule has 0 aliphatic rings. The van der Waals surface area contributed by atoms with Gasteiger partial charge >= 0.3 is 6.18 Å². The molecule has 0 saturated carbocycles. The van der Waals surface area contributed by atoms with Crippen molar-refractivity contribution in [1.82, 2.24) is 15.3 Å². The summed E-state index contributed by atoms with van der Waals surface area (Å²) in [5.74, 6) is -0.229. The molecule has 4 aromatic carbocycles. The summed E-state index contributed by atoms with van der Waals surface area (Å²) < 4.78 is 46.9. The first kappa shape index (κ1) is 27.8. The molecule has 0 spiro atoms. The van der Waals surface area contributed by atoms with Crippen LogP contribution >= 0.6 is 11.3 Å². The van der Waals surface area contributed by atoms with Crippen LogP contribution in [0.5, 0.6) is 11.5 Å². The van der Waals surface area contributed by atoms with E-state index >= 15 is 0 Å². The number of hydrogen-bond acceptors (Lipinski definition) is 6. The summed E-state index contributed by atoms with van der Waals surface area (Å²) in [5.41, 5.74) is 3.39. The lowest BCUT2D eigenvalue weighted by Gasteiger charge is -2.10. The van der Waals surface area contributed by atoms with Gasteiger partial charge in [-0.15, -0.1) is 0 Å². The van der Waals surface area contributed by atoms with E-state index in [1.165, 1.54) is 23.5 Å². The summed E-state index contributed by atoms with van der Waals surface area (Å²) in [7, 11) is 0. The minimum absolute atomic E-state index is 0.0662. The van der Waals surface area contributed by atoms with Crippen LogP contribution in [0.4, 0.5) is 18.9 Å². The monoisotopic (exact) mass is 576 g/mol. The van der Waals surface area contributed by atoms with E-state index in [-0.39, 0.29) is 11.3 Å². The maximum Gasteiger partial charge on any atom is 0.416 e. The molecule has 7 nitrogen and oxygen atoms in total. The second-order valence-electron chi connectivity index (χ2n) is 8.91. The zero-order chi connectivity index (χ0) is 28.8. The number of hydroxylamine groups is 1.